The van der Waals surface area contributed by atoms with E-state index < -0.39 is 17.0 Å². The Morgan fingerprint density at radius 3 is 2.35 bits per heavy atom. The zero-order valence-corrected chi connectivity index (χ0v) is 20.5. The number of likely N-dealkylation sites (tertiary alicyclic amines) is 2. The second-order valence-electron chi connectivity index (χ2n) is 10.6. The number of imide groups is 1. The Morgan fingerprint density at radius 1 is 1.12 bits per heavy atom. The number of rotatable bonds is 7. The van der Waals surface area contributed by atoms with Gasteiger partial charge in [-0.2, -0.15) is 0 Å². The fourth-order valence-electron chi connectivity index (χ4n) is 6.05. The lowest BCUT2D eigenvalue weighted by atomic mass is 9.73. The summed E-state index contributed by atoms with van der Waals surface area (Å²) < 4.78 is 5.66. The number of carbonyl (C=O) groups is 3. The Labute approximate surface area is 202 Å². The highest BCUT2D eigenvalue weighted by molar-refractivity contribution is 6.06. The van der Waals surface area contributed by atoms with Crippen molar-refractivity contribution in [2.75, 3.05) is 26.2 Å². The van der Waals surface area contributed by atoms with Crippen LogP contribution in [0.15, 0.2) is 30.3 Å². The zero-order valence-electron chi connectivity index (χ0n) is 20.5. The molecule has 4 rings (SSSR count). The van der Waals surface area contributed by atoms with E-state index in [1.165, 1.54) is 4.90 Å². The highest BCUT2D eigenvalue weighted by Crippen LogP contribution is 2.43. The molecule has 3 aliphatic rings. The third-order valence-electron chi connectivity index (χ3n) is 8.12. The summed E-state index contributed by atoms with van der Waals surface area (Å²) in [5.74, 6) is -0.798. The molecular weight excluding hydrogens is 432 g/mol. The molecule has 186 valence electrons. The molecule has 2 saturated heterocycles. The van der Waals surface area contributed by atoms with E-state index in [1.807, 2.05) is 32.0 Å². The molecule has 34 heavy (non-hydrogen) atoms. The molecule has 0 bridgehead atoms. The molecule has 2 aliphatic heterocycles. The van der Waals surface area contributed by atoms with Gasteiger partial charge in [-0.25, -0.2) is 4.79 Å². The van der Waals surface area contributed by atoms with E-state index in [1.54, 1.807) is 12.1 Å². The summed E-state index contributed by atoms with van der Waals surface area (Å²) in [6.45, 7) is 5.87. The van der Waals surface area contributed by atoms with E-state index in [0.717, 1.165) is 32.1 Å². The Hall–Kier alpha value is -2.25. The normalized spacial score (nSPS) is 23.5. The summed E-state index contributed by atoms with van der Waals surface area (Å²) in [4.78, 5) is 42.1. The van der Waals surface area contributed by atoms with Crippen molar-refractivity contribution in [2.24, 2.45) is 11.3 Å². The number of amides is 2. The van der Waals surface area contributed by atoms with Crippen LogP contribution in [0.5, 0.6) is 0 Å². The minimum atomic E-state index is -1.62. The van der Waals surface area contributed by atoms with Gasteiger partial charge in [-0.3, -0.25) is 19.4 Å². The highest BCUT2D eigenvalue weighted by Gasteiger charge is 2.53. The third-order valence-corrected chi connectivity index (χ3v) is 8.12. The highest BCUT2D eigenvalue weighted by atomic mass is 16.5. The molecule has 0 radical (unpaired) electrons. The van der Waals surface area contributed by atoms with Crippen molar-refractivity contribution < 1.29 is 24.2 Å². The van der Waals surface area contributed by atoms with Gasteiger partial charge in [0.25, 0.3) is 0 Å². The van der Waals surface area contributed by atoms with Crippen molar-refractivity contribution in [3.05, 3.63) is 35.9 Å². The van der Waals surface area contributed by atoms with Gasteiger partial charge in [0.1, 0.15) is 6.61 Å². The quantitative estimate of drug-likeness (QED) is 0.486. The van der Waals surface area contributed by atoms with Gasteiger partial charge in [0.05, 0.1) is 5.41 Å². The fraction of sp³-hybridized carbons (Fsp3) is 0.667. The number of hydrogen-bond acceptors (Lipinski definition) is 6. The van der Waals surface area contributed by atoms with Gasteiger partial charge in [-0.15, -0.1) is 0 Å². The van der Waals surface area contributed by atoms with Crippen LogP contribution in [-0.4, -0.2) is 65.0 Å². The number of esters is 1. The van der Waals surface area contributed by atoms with Crippen LogP contribution in [0.4, 0.5) is 0 Å². The monoisotopic (exact) mass is 470 g/mol. The van der Waals surface area contributed by atoms with Gasteiger partial charge in [0.2, 0.25) is 11.8 Å². The molecule has 1 N–H and O–H groups in total. The average Bonchev–Trinajstić information content (AvgIpc) is 3.09. The topological polar surface area (TPSA) is 87.2 Å². The van der Waals surface area contributed by atoms with Crippen LogP contribution in [0.2, 0.25) is 0 Å². The van der Waals surface area contributed by atoms with E-state index >= 15 is 0 Å². The number of ether oxygens (including phenoxy) is 1. The number of aliphatic hydroxyl groups is 1. The molecule has 1 aromatic carbocycles. The lowest BCUT2D eigenvalue weighted by Gasteiger charge is -2.38. The molecule has 3 fully saturated rings. The van der Waals surface area contributed by atoms with E-state index in [2.05, 4.69) is 4.90 Å². The van der Waals surface area contributed by atoms with Gasteiger partial charge < -0.3 is 9.84 Å². The van der Waals surface area contributed by atoms with E-state index in [-0.39, 0.29) is 30.4 Å². The molecule has 0 unspecified atom stereocenters. The van der Waals surface area contributed by atoms with E-state index in [0.29, 0.717) is 44.5 Å². The van der Waals surface area contributed by atoms with E-state index in [9.17, 15) is 19.5 Å². The minimum absolute atomic E-state index is 0.0287. The van der Waals surface area contributed by atoms with Gasteiger partial charge in [-0.05, 0) is 58.2 Å². The first kappa shape index (κ1) is 24.9. The summed E-state index contributed by atoms with van der Waals surface area (Å²) in [6.07, 6.45) is 6.38. The maximum Gasteiger partial charge on any atom is 0.343 e. The molecule has 2 heterocycles. The Bertz CT molecular complexity index is 888. The van der Waals surface area contributed by atoms with Gasteiger partial charge >= 0.3 is 5.97 Å². The third kappa shape index (κ3) is 4.65. The first-order valence-electron chi connectivity index (χ1n) is 12.8. The van der Waals surface area contributed by atoms with E-state index in [4.69, 9.17) is 4.74 Å². The van der Waals surface area contributed by atoms with Gasteiger partial charge in [0.15, 0.2) is 5.60 Å². The number of hydrogen-bond donors (Lipinski definition) is 1. The van der Waals surface area contributed by atoms with Crippen LogP contribution in [0.3, 0.4) is 0 Å². The van der Waals surface area contributed by atoms with Crippen molar-refractivity contribution in [3.63, 3.8) is 0 Å². The summed E-state index contributed by atoms with van der Waals surface area (Å²) in [7, 11) is 0. The number of benzene rings is 1. The van der Waals surface area contributed by atoms with Crippen LogP contribution in [0.25, 0.3) is 0 Å². The fourth-order valence-corrected chi connectivity index (χ4v) is 6.05. The van der Waals surface area contributed by atoms with Gasteiger partial charge in [-0.1, -0.05) is 49.6 Å². The summed E-state index contributed by atoms with van der Waals surface area (Å²) in [5.41, 5.74) is -1.58. The second-order valence-corrected chi connectivity index (χ2v) is 10.6. The first-order chi connectivity index (χ1) is 16.3. The maximum absolute atomic E-state index is 13.2. The molecule has 1 atom stereocenters. The van der Waals surface area contributed by atoms with Crippen molar-refractivity contribution in [1.29, 1.82) is 0 Å². The molecule has 1 aromatic rings. The lowest BCUT2D eigenvalue weighted by molar-refractivity contribution is -0.176. The number of carbonyl (C=O) groups excluding carboxylic acids is 3. The molecule has 1 aliphatic carbocycles. The van der Waals surface area contributed by atoms with Crippen LogP contribution in [-0.2, 0) is 24.7 Å². The maximum atomic E-state index is 13.2. The zero-order chi connectivity index (χ0) is 24.3. The van der Waals surface area contributed by atoms with Crippen molar-refractivity contribution in [1.82, 2.24) is 9.80 Å². The molecule has 7 heteroatoms. The van der Waals surface area contributed by atoms with Crippen LogP contribution in [0.1, 0.15) is 70.8 Å². The van der Waals surface area contributed by atoms with Crippen LogP contribution in [0, 0.1) is 11.3 Å². The average molecular weight is 471 g/mol. The predicted molar refractivity (Wildman–Crippen MR) is 128 cm³/mol. The summed E-state index contributed by atoms with van der Waals surface area (Å²) in [5, 5.41) is 11.6. The second kappa shape index (κ2) is 10.2. The van der Waals surface area contributed by atoms with Crippen LogP contribution >= 0.6 is 0 Å². The largest absolute Gasteiger partial charge is 0.462 e. The van der Waals surface area contributed by atoms with Crippen molar-refractivity contribution in [2.45, 2.75) is 76.9 Å². The smallest absolute Gasteiger partial charge is 0.343 e. The molecule has 1 spiro atoms. The minimum Gasteiger partial charge on any atom is -0.462 e. The van der Waals surface area contributed by atoms with Crippen molar-refractivity contribution >= 4 is 17.8 Å². The van der Waals surface area contributed by atoms with Crippen LogP contribution < -0.4 is 0 Å². The number of piperidine rings is 1. The SMILES string of the molecule is CC(C)N1C(=O)CC2(CCN(CCOC(=O)[C@](O)(c3ccccc3)C3CCCCC3)CC2)C1=O. The standard InChI is InChI=1S/C27H38N2O5/c1-20(2)29-23(30)19-26(24(29)31)13-15-28(16-14-26)17-18-34-25(32)27(33,21-9-5-3-6-10-21)22-11-7-4-8-12-22/h3,5-6,9-10,20,22,33H,4,7-8,11-19H2,1-2H3/t27-/m0/s1. The molecular formula is C27H38N2O5. The summed E-state index contributed by atoms with van der Waals surface area (Å²) in [6, 6.07) is 9.07. The Kier molecular flexibility index (Phi) is 7.43. The van der Waals surface area contributed by atoms with Crippen molar-refractivity contribution in [3.8, 4) is 0 Å². The van der Waals surface area contributed by atoms with Gasteiger partial charge in [0, 0.05) is 24.9 Å². The first-order valence-corrected chi connectivity index (χ1v) is 12.8. The molecule has 2 amide bonds. The number of nitrogens with zero attached hydrogens (tertiary/aromatic N) is 2. The molecule has 1 saturated carbocycles. The lowest BCUT2D eigenvalue weighted by Crippen LogP contribution is -2.48. The predicted octanol–water partition coefficient (Wildman–Crippen LogP) is 3.25. The summed E-state index contributed by atoms with van der Waals surface area (Å²) >= 11 is 0. The Balaban J connectivity index is 1.33. The Morgan fingerprint density at radius 2 is 1.76 bits per heavy atom. The molecule has 7 nitrogen and oxygen atoms in total. The molecule has 0 aromatic heterocycles.